The molecule has 5 nitrogen and oxygen atoms in total. The molecule has 0 aliphatic rings. The number of rotatable bonds is 5. The lowest BCUT2D eigenvalue weighted by Gasteiger charge is -2.09. The summed E-state index contributed by atoms with van der Waals surface area (Å²) in [7, 11) is 4.91. The van der Waals surface area contributed by atoms with Crippen LogP contribution in [-0.2, 0) is 6.54 Å². The van der Waals surface area contributed by atoms with Gasteiger partial charge in [0.25, 0.3) is 0 Å². The molecule has 1 aromatic heterocycles. The lowest BCUT2D eigenvalue weighted by Crippen LogP contribution is -1.98. The van der Waals surface area contributed by atoms with Crippen molar-refractivity contribution >= 4 is 10.9 Å². The summed E-state index contributed by atoms with van der Waals surface area (Å²) in [4.78, 5) is 3.38. The van der Waals surface area contributed by atoms with E-state index < -0.39 is 0 Å². The quantitative estimate of drug-likeness (QED) is 0.758. The maximum atomic E-state index is 5.93. The van der Waals surface area contributed by atoms with E-state index in [1.54, 1.807) is 21.3 Å². The molecular weight excluding hydrogens is 292 g/mol. The number of benzene rings is 2. The van der Waals surface area contributed by atoms with E-state index in [4.69, 9.17) is 19.9 Å². The van der Waals surface area contributed by atoms with Gasteiger partial charge < -0.3 is 24.9 Å². The van der Waals surface area contributed by atoms with E-state index in [-0.39, 0.29) is 0 Å². The number of hydrogen-bond donors (Lipinski definition) is 2. The van der Waals surface area contributed by atoms with Crippen LogP contribution in [0.4, 0.5) is 0 Å². The molecule has 0 amide bonds. The topological polar surface area (TPSA) is 69.5 Å². The van der Waals surface area contributed by atoms with Crippen molar-refractivity contribution in [2.75, 3.05) is 21.3 Å². The predicted molar refractivity (Wildman–Crippen MR) is 91.3 cm³/mol. The van der Waals surface area contributed by atoms with Crippen molar-refractivity contribution in [3.05, 3.63) is 42.1 Å². The van der Waals surface area contributed by atoms with Crippen molar-refractivity contribution in [2.24, 2.45) is 5.73 Å². The highest BCUT2D eigenvalue weighted by Crippen LogP contribution is 2.39. The van der Waals surface area contributed by atoms with Crippen molar-refractivity contribution in [1.29, 1.82) is 0 Å². The Kier molecular flexibility index (Phi) is 4.12. The average Bonchev–Trinajstić information content (AvgIpc) is 2.97. The molecule has 2 aromatic carbocycles. The van der Waals surface area contributed by atoms with E-state index >= 15 is 0 Å². The lowest BCUT2D eigenvalue weighted by atomic mass is 10.0. The Hall–Kier alpha value is -2.66. The van der Waals surface area contributed by atoms with E-state index in [1.165, 1.54) is 0 Å². The first-order valence-corrected chi connectivity index (χ1v) is 7.32. The molecule has 23 heavy (non-hydrogen) atoms. The molecule has 0 aliphatic carbocycles. The van der Waals surface area contributed by atoms with E-state index in [0.29, 0.717) is 18.0 Å². The Balaban J connectivity index is 2.24. The third-order valence-electron chi connectivity index (χ3n) is 3.96. The van der Waals surface area contributed by atoms with Gasteiger partial charge in [0.1, 0.15) is 5.75 Å². The van der Waals surface area contributed by atoms with Gasteiger partial charge in [0.2, 0.25) is 0 Å². The predicted octanol–water partition coefficient (Wildman–Crippen LogP) is 3.32. The van der Waals surface area contributed by atoms with Gasteiger partial charge in [-0.05, 0) is 23.8 Å². The number of aromatic nitrogens is 1. The summed E-state index contributed by atoms with van der Waals surface area (Å²) >= 11 is 0. The highest BCUT2D eigenvalue weighted by Gasteiger charge is 2.16. The van der Waals surface area contributed by atoms with Crippen molar-refractivity contribution in [3.63, 3.8) is 0 Å². The molecule has 0 aliphatic heterocycles. The maximum absolute atomic E-state index is 5.93. The van der Waals surface area contributed by atoms with Gasteiger partial charge in [-0.15, -0.1) is 0 Å². The number of nitrogens with one attached hydrogen (secondary N) is 1. The van der Waals surface area contributed by atoms with Crippen LogP contribution in [0.1, 0.15) is 5.69 Å². The molecule has 0 bridgehead atoms. The number of aromatic amines is 1. The van der Waals surface area contributed by atoms with E-state index in [2.05, 4.69) is 4.98 Å². The minimum Gasteiger partial charge on any atom is -0.497 e. The van der Waals surface area contributed by atoms with Crippen LogP contribution in [-0.4, -0.2) is 26.3 Å². The molecule has 3 N–H and O–H groups in total. The third kappa shape index (κ3) is 2.59. The second-order valence-electron chi connectivity index (χ2n) is 5.16. The van der Waals surface area contributed by atoms with Gasteiger partial charge >= 0.3 is 0 Å². The summed E-state index contributed by atoms with van der Waals surface area (Å²) in [6.07, 6.45) is 0. The van der Waals surface area contributed by atoms with Crippen molar-refractivity contribution < 1.29 is 14.2 Å². The van der Waals surface area contributed by atoms with Gasteiger partial charge in [0.05, 0.1) is 26.8 Å². The zero-order valence-corrected chi connectivity index (χ0v) is 13.5. The molecule has 3 aromatic rings. The smallest absolute Gasteiger partial charge is 0.162 e. The Labute approximate surface area is 135 Å². The molecule has 120 valence electrons. The Morgan fingerprint density at radius 3 is 2.13 bits per heavy atom. The summed E-state index contributed by atoms with van der Waals surface area (Å²) in [5, 5.41) is 1.05. The van der Waals surface area contributed by atoms with Crippen LogP contribution in [0.3, 0.4) is 0 Å². The molecule has 1 heterocycles. The zero-order valence-electron chi connectivity index (χ0n) is 13.5. The molecule has 0 unspecified atom stereocenters. The third-order valence-corrected chi connectivity index (χ3v) is 3.96. The summed E-state index contributed by atoms with van der Waals surface area (Å²) in [5.74, 6) is 2.20. The summed E-state index contributed by atoms with van der Waals surface area (Å²) in [5.41, 5.74) is 10.0. The van der Waals surface area contributed by atoms with E-state index in [0.717, 1.165) is 33.5 Å². The molecular formula is C18H20N2O3. The first-order chi connectivity index (χ1) is 11.2. The van der Waals surface area contributed by atoms with Crippen LogP contribution in [0.2, 0.25) is 0 Å². The molecule has 3 rings (SSSR count). The molecule has 0 atom stereocenters. The molecule has 5 heteroatoms. The van der Waals surface area contributed by atoms with Crippen LogP contribution in [0.15, 0.2) is 36.4 Å². The number of nitrogens with two attached hydrogens (primary N) is 1. The summed E-state index contributed by atoms with van der Waals surface area (Å²) in [6, 6.07) is 11.8. The van der Waals surface area contributed by atoms with Crippen molar-refractivity contribution in [3.8, 4) is 28.4 Å². The highest BCUT2D eigenvalue weighted by atomic mass is 16.5. The fraction of sp³-hybridized carbons (Fsp3) is 0.222. The first kappa shape index (κ1) is 15.2. The second kappa shape index (κ2) is 6.22. The zero-order chi connectivity index (χ0) is 16.4. The highest BCUT2D eigenvalue weighted by molar-refractivity contribution is 5.99. The normalized spacial score (nSPS) is 10.8. The Bertz CT molecular complexity index is 822. The van der Waals surface area contributed by atoms with Crippen molar-refractivity contribution in [2.45, 2.75) is 6.54 Å². The number of fused-ring (bicyclic) bond motifs is 1. The standard InChI is InChI=1S/C18H20N2O3/c1-21-12-6-4-11(5-7-12)18-13-8-16(22-2)17(23-3)9-14(13)20-15(18)10-19/h4-9,20H,10,19H2,1-3H3. The molecule has 0 saturated heterocycles. The van der Waals surface area contributed by atoms with Crippen LogP contribution in [0.25, 0.3) is 22.0 Å². The first-order valence-electron chi connectivity index (χ1n) is 7.32. The van der Waals surface area contributed by atoms with Gasteiger partial charge in [-0.2, -0.15) is 0 Å². The van der Waals surface area contributed by atoms with Crippen LogP contribution in [0.5, 0.6) is 17.2 Å². The van der Waals surface area contributed by atoms with Gasteiger partial charge in [-0.25, -0.2) is 0 Å². The molecule has 0 fully saturated rings. The van der Waals surface area contributed by atoms with E-state index in [1.807, 2.05) is 36.4 Å². The largest absolute Gasteiger partial charge is 0.497 e. The van der Waals surface area contributed by atoms with Gasteiger partial charge in [-0.1, -0.05) is 12.1 Å². The number of hydrogen-bond acceptors (Lipinski definition) is 4. The monoisotopic (exact) mass is 312 g/mol. The van der Waals surface area contributed by atoms with Crippen molar-refractivity contribution in [1.82, 2.24) is 4.98 Å². The fourth-order valence-corrected chi connectivity index (χ4v) is 2.82. The van der Waals surface area contributed by atoms with E-state index in [9.17, 15) is 0 Å². The number of H-pyrrole nitrogens is 1. The minimum atomic E-state index is 0.417. The molecule has 0 spiro atoms. The second-order valence-corrected chi connectivity index (χ2v) is 5.16. The van der Waals surface area contributed by atoms with Crippen LogP contribution >= 0.6 is 0 Å². The Morgan fingerprint density at radius 2 is 1.57 bits per heavy atom. The van der Waals surface area contributed by atoms with Gasteiger partial charge in [-0.3, -0.25) is 0 Å². The molecule has 0 saturated carbocycles. The Morgan fingerprint density at radius 1 is 0.913 bits per heavy atom. The number of ether oxygens (including phenoxy) is 3. The summed E-state index contributed by atoms with van der Waals surface area (Å²) in [6.45, 7) is 0.417. The maximum Gasteiger partial charge on any atom is 0.162 e. The average molecular weight is 312 g/mol. The van der Waals surface area contributed by atoms with Gasteiger partial charge in [0.15, 0.2) is 11.5 Å². The lowest BCUT2D eigenvalue weighted by molar-refractivity contribution is 0.356. The SMILES string of the molecule is COc1ccc(-c2c(CN)[nH]c3cc(OC)c(OC)cc23)cc1. The fourth-order valence-electron chi connectivity index (χ4n) is 2.82. The number of methoxy groups -OCH3 is 3. The minimum absolute atomic E-state index is 0.417. The van der Waals surface area contributed by atoms with Crippen LogP contribution < -0.4 is 19.9 Å². The van der Waals surface area contributed by atoms with Crippen LogP contribution in [0, 0.1) is 0 Å². The summed E-state index contributed by atoms with van der Waals surface area (Å²) < 4.78 is 16.0. The molecule has 0 radical (unpaired) electrons. The van der Waals surface area contributed by atoms with Gasteiger partial charge in [0, 0.05) is 29.3 Å².